The molecule has 1 aromatic carbocycles. The predicted octanol–water partition coefficient (Wildman–Crippen LogP) is 3.57. The fourth-order valence-electron chi connectivity index (χ4n) is 2.24. The third-order valence-corrected chi connectivity index (χ3v) is 3.94. The van der Waals surface area contributed by atoms with E-state index in [1.807, 2.05) is 0 Å². The Hall–Kier alpha value is -2.48. The first-order valence-electron chi connectivity index (χ1n) is 7.95. The number of carbonyl (C=O) groups excluding carboxylic acids is 1. The van der Waals surface area contributed by atoms with Crippen molar-refractivity contribution in [1.29, 1.82) is 0 Å². The molecule has 1 aliphatic heterocycles. The van der Waals surface area contributed by atoms with Crippen molar-refractivity contribution in [3.63, 3.8) is 0 Å². The molecule has 1 saturated heterocycles. The van der Waals surface area contributed by atoms with Gasteiger partial charge in [0.15, 0.2) is 0 Å². The molecule has 0 radical (unpaired) electrons. The number of alkyl halides is 4. The maximum atomic E-state index is 13.2. The maximum absolute atomic E-state index is 13.2. The molecular formula is C18H19F4N3O. The number of allylic oxidation sites excluding steroid dienone is 2. The van der Waals surface area contributed by atoms with Gasteiger partial charge in [-0.05, 0) is 31.0 Å². The van der Waals surface area contributed by atoms with E-state index in [0.717, 1.165) is 11.8 Å². The number of carbonyl (C=O) groups is 1. The Bertz CT molecular complexity index is 723. The van der Waals surface area contributed by atoms with Gasteiger partial charge in [0.2, 0.25) is 0 Å². The van der Waals surface area contributed by atoms with Crippen LogP contribution in [0, 0.1) is 0 Å². The lowest BCUT2D eigenvalue weighted by Crippen LogP contribution is -2.55. The minimum absolute atomic E-state index is 0.0292. The van der Waals surface area contributed by atoms with Gasteiger partial charge >= 0.3 is 6.18 Å². The van der Waals surface area contributed by atoms with Crippen molar-refractivity contribution in [3.05, 3.63) is 53.8 Å². The molecule has 2 rings (SSSR count). The molecule has 0 aromatic heterocycles. The van der Waals surface area contributed by atoms with E-state index in [1.54, 1.807) is 24.3 Å². The maximum Gasteiger partial charge on any atom is 0.432 e. The number of hydrogen-bond donors (Lipinski definition) is 2. The van der Waals surface area contributed by atoms with Crippen LogP contribution in [-0.4, -0.2) is 37.1 Å². The van der Waals surface area contributed by atoms with Crippen LogP contribution in [0.4, 0.5) is 23.2 Å². The lowest BCUT2D eigenvalue weighted by atomic mass is 9.96. The summed E-state index contributed by atoms with van der Waals surface area (Å²) >= 11 is 0. The summed E-state index contributed by atoms with van der Waals surface area (Å²) < 4.78 is 50.4. The zero-order valence-corrected chi connectivity index (χ0v) is 14.1. The van der Waals surface area contributed by atoms with Crippen molar-refractivity contribution in [3.8, 4) is 0 Å². The van der Waals surface area contributed by atoms with Crippen molar-refractivity contribution < 1.29 is 22.4 Å². The highest BCUT2D eigenvalue weighted by Gasteiger charge is 2.32. The summed E-state index contributed by atoms with van der Waals surface area (Å²) in [5, 5.41) is 5.57. The Balaban J connectivity index is 1.95. The van der Waals surface area contributed by atoms with E-state index in [2.05, 4.69) is 22.2 Å². The van der Waals surface area contributed by atoms with E-state index in [4.69, 9.17) is 0 Å². The van der Waals surface area contributed by atoms with E-state index in [0.29, 0.717) is 18.7 Å². The molecule has 1 fully saturated rings. The number of halogens is 4. The smallest absolute Gasteiger partial charge is 0.322 e. The van der Waals surface area contributed by atoms with Crippen LogP contribution in [0.3, 0.4) is 0 Å². The van der Waals surface area contributed by atoms with Crippen LogP contribution in [0.5, 0.6) is 0 Å². The molecule has 2 N–H and O–H groups in total. The normalized spacial score (nSPS) is 20.7. The van der Waals surface area contributed by atoms with Gasteiger partial charge in [-0.25, -0.2) is 4.39 Å². The third-order valence-electron chi connectivity index (χ3n) is 3.94. The average Bonchev–Trinajstić information content (AvgIpc) is 2.59. The molecule has 1 amide bonds. The Morgan fingerprint density at radius 1 is 1.38 bits per heavy atom. The standard InChI is InChI=1S/C18H19F4N3O/c1-3-13(9-23-11(2)18(20,21)22)17(26)25-14-6-4-12(5-7-14)8-16-15(19)10-24-16/h3-7,9,15-16,24H,2,8,10H2,1H3,(H,25,26)/b13-3+,23-9?. The third kappa shape index (κ3) is 5.26. The lowest BCUT2D eigenvalue weighted by molar-refractivity contribution is -0.112. The largest absolute Gasteiger partial charge is 0.432 e. The zero-order valence-electron chi connectivity index (χ0n) is 14.1. The summed E-state index contributed by atoms with van der Waals surface area (Å²) in [6.07, 6.45) is -2.78. The van der Waals surface area contributed by atoms with Gasteiger partial charge in [0.05, 0.1) is 5.57 Å². The second kappa shape index (κ2) is 8.27. The first-order valence-corrected chi connectivity index (χ1v) is 7.95. The molecular weight excluding hydrogens is 350 g/mol. The fraction of sp³-hybridized carbons (Fsp3) is 0.333. The van der Waals surface area contributed by atoms with Gasteiger partial charge in [-0.2, -0.15) is 13.2 Å². The fourth-order valence-corrected chi connectivity index (χ4v) is 2.24. The predicted molar refractivity (Wildman–Crippen MR) is 92.9 cm³/mol. The minimum Gasteiger partial charge on any atom is -0.322 e. The molecule has 2 unspecified atom stereocenters. The van der Waals surface area contributed by atoms with Crippen molar-refractivity contribution in [2.45, 2.75) is 31.7 Å². The molecule has 8 heteroatoms. The van der Waals surface area contributed by atoms with E-state index in [-0.39, 0.29) is 11.6 Å². The van der Waals surface area contributed by atoms with E-state index in [9.17, 15) is 22.4 Å². The van der Waals surface area contributed by atoms with Gasteiger partial charge in [0.25, 0.3) is 5.91 Å². The van der Waals surface area contributed by atoms with E-state index >= 15 is 0 Å². The molecule has 0 saturated carbocycles. The topological polar surface area (TPSA) is 53.5 Å². The van der Waals surface area contributed by atoms with Crippen LogP contribution in [-0.2, 0) is 11.2 Å². The average molecular weight is 369 g/mol. The van der Waals surface area contributed by atoms with Gasteiger partial charge in [0, 0.05) is 24.5 Å². The van der Waals surface area contributed by atoms with Crippen molar-refractivity contribution in [1.82, 2.24) is 5.32 Å². The Kier molecular flexibility index (Phi) is 6.31. The van der Waals surface area contributed by atoms with Crippen molar-refractivity contribution in [2.75, 3.05) is 11.9 Å². The number of hydrogen-bond acceptors (Lipinski definition) is 3. The van der Waals surface area contributed by atoms with Gasteiger partial charge < -0.3 is 10.6 Å². The monoisotopic (exact) mass is 369 g/mol. The number of aliphatic imine (C=N–C) groups is 1. The highest BCUT2D eigenvalue weighted by molar-refractivity contribution is 6.17. The highest BCUT2D eigenvalue weighted by atomic mass is 19.4. The SMILES string of the molecule is C=C(N=C/C(=C\C)C(=O)Nc1ccc(CC2NCC2F)cc1)C(F)(F)F. The summed E-state index contributed by atoms with van der Waals surface area (Å²) in [4.78, 5) is 15.3. The van der Waals surface area contributed by atoms with Gasteiger partial charge in [0.1, 0.15) is 11.9 Å². The summed E-state index contributed by atoms with van der Waals surface area (Å²) in [5.74, 6) is -0.594. The molecule has 2 atom stereocenters. The number of benzene rings is 1. The minimum atomic E-state index is -4.64. The van der Waals surface area contributed by atoms with E-state index in [1.165, 1.54) is 13.0 Å². The summed E-state index contributed by atoms with van der Waals surface area (Å²) in [5.41, 5.74) is 0.0693. The molecule has 1 aliphatic rings. The summed E-state index contributed by atoms with van der Waals surface area (Å²) in [7, 11) is 0. The van der Waals surface area contributed by atoms with Crippen LogP contribution >= 0.6 is 0 Å². The molecule has 26 heavy (non-hydrogen) atoms. The van der Waals surface area contributed by atoms with Gasteiger partial charge in [-0.1, -0.05) is 24.8 Å². The lowest BCUT2D eigenvalue weighted by Gasteiger charge is -2.32. The Morgan fingerprint density at radius 2 is 2.04 bits per heavy atom. The number of nitrogens with zero attached hydrogens (tertiary/aromatic N) is 1. The van der Waals surface area contributed by atoms with Crippen molar-refractivity contribution >= 4 is 17.8 Å². The molecule has 1 heterocycles. The first-order chi connectivity index (χ1) is 12.2. The summed E-state index contributed by atoms with van der Waals surface area (Å²) in [6, 6.07) is 6.63. The number of nitrogens with one attached hydrogen (secondary N) is 2. The van der Waals surface area contributed by atoms with Crippen LogP contribution in [0.25, 0.3) is 0 Å². The second-order valence-corrected chi connectivity index (χ2v) is 5.83. The molecule has 140 valence electrons. The van der Waals surface area contributed by atoms with Crippen LogP contribution in [0.2, 0.25) is 0 Å². The zero-order chi connectivity index (χ0) is 19.3. The van der Waals surface area contributed by atoms with Crippen LogP contribution in [0.15, 0.2) is 53.2 Å². The Labute approximate surface area is 148 Å². The molecule has 0 bridgehead atoms. The molecule has 1 aromatic rings. The Morgan fingerprint density at radius 3 is 2.50 bits per heavy atom. The quantitative estimate of drug-likeness (QED) is 0.458. The molecule has 4 nitrogen and oxygen atoms in total. The van der Waals surface area contributed by atoms with Gasteiger partial charge in [-0.3, -0.25) is 9.79 Å². The van der Waals surface area contributed by atoms with Gasteiger partial charge in [-0.15, -0.1) is 0 Å². The molecule has 0 aliphatic carbocycles. The highest BCUT2D eigenvalue weighted by Crippen LogP contribution is 2.24. The first kappa shape index (κ1) is 19.8. The number of rotatable bonds is 6. The van der Waals surface area contributed by atoms with Crippen LogP contribution < -0.4 is 10.6 Å². The van der Waals surface area contributed by atoms with Crippen LogP contribution in [0.1, 0.15) is 12.5 Å². The summed E-state index contributed by atoms with van der Waals surface area (Å²) in [6.45, 7) is 4.69. The second-order valence-electron chi connectivity index (χ2n) is 5.83. The molecule has 0 spiro atoms. The number of amides is 1. The van der Waals surface area contributed by atoms with Crippen molar-refractivity contribution in [2.24, 2.45) is 4.99 Å². The number of anilines is 1. The van der Waals surface area contributed by atoms with E-state index < -0.39 is 24.0 Å².